The van der Waals surface area contributed by atoms with Crippen molar-refractivity contribution >= 4 is 5.82 Å². The number of hydrazine groups is 1. The summed E-state index contributed by atoms with van der Waals surface area (Å²) in [6.07, 6.45) is 0. The van der Waals surface area contributed by atoms with Gasteiger partial charge in [0.25, 0.3) is 0 Å². The summed E-state index contributed by atoms with van der Waals surface area (Å²) >= 11 is 0. The molecule has 0 saturated heterocycles. The minimum absolute atomic E-state index is 0.530. The van der Waals surface area contributed by atoms with Gasteiger partial charge < -0.3 is 10.2 Å². The van der Waals surface area contributed by atoms with Gasteiger partial charge in [0.15, 0.2) is 5.82 Å². The molecule has 0 spiro atoms. The first-order valence-corrected chi connectivity index (χ1v) is 6.49. The van der Waals surface area contributed by atoms with Gasteiger partial charge in [0.1, 0.15) is 11.5 Å². The minimum atomic E-state index is 0.530. The molecule has 2 aromatic carbocycles. The lowest BCUT2D eigenvalue weighted by atomic mass is 10.1. The van der Waals surface area contributed by atoms with Crippen LogP contribution in [0.2, 0.25) is 0 Å². The van der Waals surface area contributed by atoms with Crippen LogP contribution >= 0.6 is 0 Å². The zero-order valence-electron chi connectivity index (χ0n) is 11.2. The number of ether oxygens (including phenoxy) is 1. The molecule has 5 heteroatoms. The number of para-hydroxylation sites is 1. The van der Waals surface area contributed by atoms with Gasteiger partial charge in [-0.3, -0.25) is 0 Å². The highest BCUT2D eigenvalue weighted by Gasteiger charge is 2.02. The molecular weight excluding hydrogens is 264 g/mol. The molecule has 21 heavy (non-hydrogen) atoms. The molecule has 3 rings (SSSR count). The van der Waals surface area contributed by atoms with Crippen LogP contribution in [0.15, 0.2) is 66.7 Å². The van der Waals surface area contributed by atoms with Crippen molar-refractivity contribution in [2.45, 2.75) is 0 Å². The maximum atomic E-state index is 5.74. The van der Waals surface area contributed by atoms with E-state index in [0.717, 1.165) is 22.8 Å². The van der Waals surface area contributed by atoms with E-state index in [-0.39, 0.29) is 0 Å². The predicted molar refractivity (Wildman–Crippen MR) is 81.8 cm³/mol. The fraction of sp³-hybridized carbons (Fsp3) is 0. The van der Waals surface area contributed by atoms with Crippen LogP contribution in [0.4, 0.5) is 5.82 Å². The van der Waals surface area contributed by atoms with Crippen LogP contribution < -0.4 is 16.0 Å². The molecule has 104 valence electrons. The van der Waals surface area contributed by atoms with Crippen LogP contribution in [0.1, 0.15) is 0 Å². The molecular formula is C16H14N4O. The van der Waals surface area contributed by atoms with E-state index < -0.39 is 0 Å². The molecule has 5 nitrogen and oxygen atoms in total. The van der Waals surface area contributed by atoms with E-state index in [1.54, 1.807) is 6.07 Å². The SMILES string of the molecule is NNc1ccc(-c2ccc(Oc3ccccc3)cc2)nn1. The van der Waals surface area contributed by atoms with E-state index in [0.29, 0.717) is 5.82 Å². The van der Waals surface area contributed by atoms with Crippen LogP contribution in [-0.2, 0) is 0 Å². The Balaban J connectivity index is 1.77. The van der Waals surface area contributed by atoms with Crippen molar-refractivity contribution < 1.29 is 4.74 Å². The maximum absolute atomic E-state index is 5.74. The Morgan fingerprint density at radius 3 is 2.10 bits per heavy atom. The van der Waals surface area contributed by atoms with Gasteiger partial charge in [-0.15, -0.1) is 10.2 Å². The first-order chi connectivity index (χ1) is 10.3. The topological polar surface area (TPSA) is 73.1 Å². The number of nitrogens with zero attached hydrogens (tertiary/aromatic N) is 2. The molecule has 0 saturated carbocycles. The third-order valence-corrected chi connectivity index (χ3v) is 2.94. The van der Waals surface area contributed by atoms with Gasteiger partial charge in [0.05, 0.1) is 5.69 Å². The number of rotatable bonds is 4. The summed E-state index contributed by atoms with van der Waals surface area (Å²) in [5, 5.41) is 8.05. The normalized spacial score (nSPS) is 10.1. The maximum Gasteiger partial charge on any atom is 0.162 e. The Bertz CT molecular complexity index is 697. The first kappa shape index (κ1) is 13.1. The number of nitrogens with one attached hydrogen (secondary N) is 1. The zero-order valence-corrected chi connectivity index (χ0v) is 11.2. The number of nitrogen functional groups attached to an aromatic ring is 1. The number of hydrogen-bond acceptors (Lipinski definition) is 5. The molecule has 0 fully saturated rings. The highest BCUT2D eigenvalue weighted by Crippen LogP contribution is 2.24. The lowest BCUT2D eigenvalue weighted by Gasteiger charge is -2.06. The lowest BCUT2D eigenvalue weighted by Crippen LogP contribution is -2.08. The third kappa shape index (κ3) is 3.16. The second-order valence-electron chi connectivity index (χ2n) is 4.39. The summed E-state index contributed by atoms with van der Waals surface area (Å²) in [5.74, 6) is 7.38. The molecule has 0 bridgehead atoms. The second kappa shape index (κ2) is 6.02. The monoisotopic (exact) mass is 278 g/mol. The number of anilines is 1. The quantitative estimate of drug-likeness (QED) is 0.566. The Kier molecular flexibility index (Phi) is 3.75. The number of aromatic nitrogens is 2. The van der Waals surface area contributed by atoms with E-state index in [2.05, 4.69) is 15.6 Å². The molecule has 0 aliphatic heterocycles. The highest BCUT2D eigenvalue weighted by molar-refractivity contribution is 5.60. The van der Waals surface area contributed by atoms with Crippen molar-refractivity contribution in [3.05, 3.63) is 66.7 Å². The van der Waals surface area contributed by atoms with Crippen molar-refractivity contribution in [2.24, 2.45) is 5.84 Å². The summed E-state index contributed by atoms with van der Waals surface area (Å²) in [4.78, 5) is 0. The Morgan fingerprint density at radius 1 is 0.762 bits per heavy atom. The van der Waals surface area contributed by atoms with E-state index in [1.807, 2.05) is 60.7 Å². The van der Waals surface area contributed by atoms with Crippen molar-refractivity contribution in [2.75, 3.05) is 5.43 Å². The van der Waals surface area contributed by atoms with Crippen LogP contribution in [0.5, 0.6) is 11.5 Å². The molecule has 0 unspecified atom stereocenters. The third-order valence-electron chi connectivity index (χ3n) is 2.94. The smallest absolute Gasteiger partial charge is 0.162 e. The number of hydrogen-bond donors (Lipinski definition) is 2. The van der Waals surface area contributed by atoms with Gasteiger partial charge >= 0.3 is 0 Å². The summed E-state index contributed by atoms with van der Waals surface area (Å²) in [5.41, 5.74) is 4.19. The molecule has 3 N–H and O–H groups in total. The van der Waals surface area contributed by atoms with E-state index >= 15 is 0 Å². The lowest BCUT2D eigenvalue weighted by molar-refractivity contribution is 0.483. The second-order valence-corrected chi connectivity index (χ2v) is 4.39. The molecule has 0 atom stereocenters. The molecule has 0 radical (unpaired) electrons. The largest absolute Gasteiger partial charge is 0.457 e. The fourth-order valence-electron chi connectivity index (χ4n) is 1.88. The molecule has 1 aromatic heterocycles. The van der Waals surface area contributed by atoms with Gasteiger partial charge in [-0.2, -0.15) is 0 Å². The van der Waals surface area contributed by atoms with Crippen LogP contribution in [0, 0.1) is 0 Å². The van der Waals surface area contributed by atoms with Gasteiger partial charge in [-0.25, -0.2) is 5.84 Å². The molecule has 3 aromatic rings. The Morgan fingerprint density at radius 2 is 1.48 bits per heavy atom. The first-order valence-electron chi connectivity index (χ1n) is 6.49. The van der Waals surface area contributed by atoms with Gasteiger partial charge in [-0.1, -0.05) is 18.2 Å². The number of nitrogens with two attached hydrogens (primary N) is 1. The number of benzene rings is 2. The average Bonchev–Trinajstić information content (AvgIpc) is 2.57. The van der Waals surface area contributed by atoms with E-state index in [9.17, 15) is 0 Å². The van der Waals surface area contributed by atoms with Crippen molar-refractivity contribution in [3.63, 3.8) is 0 Å². The van der Waals surface area contributed by atoms with E-state index in [4.69, 9.17) is 10.6 Å². The zero-order chi connectivity index (χ0) is 14.5. The summed E-state index contributed by atoms with van der Waals surface area (Å²) in [7, 11) is 0. The Hall–Kier alpha value is -2.92. The van der Waals surface area contributed by atoms with Crippen molar-refractivity contribution in [1.29, 1.82) is 0 Å². The van der Waals surface area contributed by atoms with Gasteiger partial charge in [0.2, 0.25) is 0 Å². The van der Waals surface area contributed by atoms with Gasteiger partial charge in [-0.05, 0) is 48.5 Å². The average molecular weight is 278 g/mol. The highest BCUT2D eigenvalue weighted by atomic mass is 16.5. The minimum Gasteiger partial charge on any atom is -0.457 e. The summed E-state index contributed by atoms with van der Waals surface area (Å²) < 4.78 is 5.74. The molecule has 0 amide bonds. The van der Waals surface area contributed by atoms with Crippen molar-refractivity contribution in [3.8, 4) is 22.8 Å². The van der Waals surface area contributed by atoms with Crippen LogP contribution in [0.25, 0.3) is 11.3 Å². The fourth-order valence-corrected chi connectivity index (χ4v) is 1.88. The predicted octanol–water partition coefficient (Wildman–Crippen LogP) is 3.22. The molecule has 1 heterocycles. The Labute approximate surface area is 122 Å². The summed E-state index contributed by atoms with van der Waals surface area (Å²) in [6.45, 7) is 0. The van der Waals surface area contributed by atoms with Crippen LogP contribution in [-0.4, -0.2) is 10.2 Å². The van der Waals surface area contributed by atoms with Crippen LogP contribution in [0.3, 0.4) is 0 Å². The standard InChI is InChI=1S/C16H14N4O/c17-18-16-11-10-15(19-20-16)12-6-8-14(9-7-12)21-13-4-2-1-3-5-13/h1-11H,17H2,(H,18,20). The van der Waals surface area contributed by atoms with Gasteiger partial charge in [0, 0.05) is 5.56 Å². The van der Waals surface area contributed by atoms with E-state index in [1.165, 1.54) is 0 Å². The molecule has 0 aliphatic carbocycles. The summed E-state index contributed by atoms with van der Waals surface area (Å²) in [6, 6.07) is 21.0. The molecule has 0 aliphatic rings. The van der Waals surface area contributed by atoms with Crippen molar-refractivity contribution in [1.82, 2.24) is 10.2 Å².